The smallest absolute Gasteiger partial charge is 0.305 e. The minimum atomic E-state index is -0.164. The van der Waals surface area contributed by atoms with Crippen molar-refractivity contribution in [2.75, 3.05) is 19.0 Å². The van der Waals surface area contributed by atoms with Gasteiger partial charge in [-0.1, -0.05) is 24.6 Å². The van der Waals surface area contributed by atoms with Crippen LogP contribution >= 0.6 is 25.3 Å². The van der Waals surface area contributed by atoms with E-state index in [1.807, 2.05) is 30.3 Å². The predicted octanol–water partition coefficient (Wildman–Crippen LogP) is 3.40. The van der Waals surface area contributed by atoms with Crippen molar-refractivity contribution in [3.8, 4) is 5.75 Å². The Morgan fingerprint density at radius 3 is 2.60 bits per heavy atom. The lowest BCUT2D eigenvalue weighted by Crippen LogP contribution is -2.12. The zero-order valence-corrected chi connectivity index (χ0v) is 13.3. The molecule has 1 atom stereocenters. The van der Waals surface area contributed by atoms with Crippen molar-refractivity contribution in [1.82, 2.24) is 0 Å². The molecule has 5 heteroatoms. The predicted molar refractivity (Wildman–Crippen MR) is 88.0 cm³/mol. The molecule has 0 saturated heterocycles. The van der Waals surface area contributed by atoms with E-state index in [1.54, 1.807) is 0 Å². The summed E-state index contributed by atoms with van der Waals surface area (Å²) in [5, 5.41) is 0.314. The van der Waals surface area contributed by atoms with Crippen LogP contribution in [0.5, 0.6) is 5.75 Å². The molecule has 1 unspecified atom stereocenters. The number of thiol groups is 2. The molecule has 0 amide bonds. The molecule has 0 spiro atoms. The van der Waals surface area contributed by atoms with Crippen LogP contribution < -0.4 is 4.74 Å². The van der Waals surface area contributed by atoms with Gasteiger partial charge >= 0.3 is 5.97 Å². The van der Waals surface area contributed by atoms with Crippen molar-refractivity contribution in [2.24, 2.45) is 0 Å². The van der Waals surface area contributed by atoms with Crippen LogP contribution in [-0.2, 0) is 9.53 Å². The highest BCUT2D eigenvalue weighted by Crippen LogP contribution is 2.10. The second kappa shape index (κ2) is 10.9. The van der Waals surface area contributed by atoms with Gasteiger partial charge in [0.2, 0.25) is 0 Å². The van der Waals surface area contributed by atoms with E-state index in [4.69, 9.17) is 9.47 Å². The summed E-state index contributed by atoms with van der Waals surface area (Å²) in [5.74, 6) is 1.39. The molecule has 0 aliphatic heterocycles. The average Bonchev–Trinajstić information content (AvgIpc) is 2.49. The lowest BCUT2D eigenvalue weighted by atomic mass is 10.1. The van der Waals surface area contributed by atoms with Crippen molar-refractivity contribution in [3.63, 3.8) is 0 Å². The third-order valence-electron chi connectivity index (χ3n) is 2.74. The molecule has 0 N–H and O–H groups in total. The monoisotopic (exact) mass is 314 g/mol. The topological polar surface area (TPSA) is 35.5 Å². The van der Waals surface area contributed by atoms with Crippen LogP contribution in [0.3, 0.4) is 0 Å². The Morgan fingerprint density at radius 2 is 1.90 bits per heavy atom. The van der Waals surface area contributed by atoms with Crippen molar-refractivity contribution in [3.05, 3.63) is 30.3 Å². The molecular weight excluding hydrogens is 292 g/mol. The molecule has 0 bridgehead atoms. The summed E-state index contributed by atoms with van der Waals surface area (Å²) < 4.78 is 10.5. The molecule has 1 aromatic rings. The van der Waals surface area contributed by atoms with Crippen LogP contribution in [0.25, 0.3) is 0 Å². The van der Waals surface area contributed by atoms with Crippen LogP contribution in [0.1, 0.15) is 25.7 Å². The van der Waals surface area contributed by atoms with Crippen molar-refractivity contribution < 1.29 is 14.3 Å². The lowest BCUT2D eigenvalue weighted by molar-refractivity contribution is -0.144. The van der Waals surface area contributed by atoms with Gasteiger partial charge in [0, 0.05) is 17.4 Å². The maximum atomic E-state index is 11.5. The second-order valence-corrected chi connectivity index (χ2v) is 5.56. The molecule has 1 aromatic carbocycles. The number of hydrogen-bond donors (Lipinski definition) is 2. The van der Waals surface area contributed by atoms with Crippen LogP contribution in [-0.4, -0.2) is 30.2 Å². The van der Waals surface area contributed by atoms with Gasteiger partial charge in [-0.15, -0.1) is 0 Å². The Morgan fingerprint density at radius 1 is 1.15 bits per heavy atom. The zero-order chi connectivity index (χ0) is 14.6. The van der Waals surface area contributed by atoms with Crippen molar-refractivity contribution in [1.29, 1.82) is 0 Å². The number of hydrogen-bond acceptors (Lipinski definition) is 5. The van der Waals surface area contributed by atoms with Gasteiger partial charge < -0.3 is 9.47 Å². The third-order valence-corrected chi connectivity index (χ3v) is 3.91. The van der Waals surface area contributed by atoms with Crippen LogP contribution in [0.2, 0.25) is 0 Å². The highest BCUT2D eigenvalue weighted by molar-refractivity contribution is 7.84. The number of carbonyl (C=O) groups is 1. The van der Waals surface area contributed by atoms with Crippen molar-refractivity contribution in [2.45, 2.75) is 30.9 Å². The molecule has 3 nitrogen and oxygen atoms in total. The summed E-state index contributed by atoms with van der Waals surface area (Å²) in [6.07, 6.45) is 3.25. The molecule has 20 heavy (non-hydrogen) atoms. The maximum Gasteiger partial charge on any atom is 0.305 e. The highest BCUT2D eigenvalue weighted by Gasteiger charge is 2.04. The van der Waals surface area contributed by atoms with Gasteiger partial charge in [-0.3, -0.25) is 4.79 Å². The third kappa shape index (κ3) is 8.38. The fourth-order valence-electron chi connectivity index (χ4n) is 1.64. The van der Waals surface area contributed by atoms with Crippen LogP contribution in [0.15, 0.2) is 30.3 Å². The fraction of sp³-hybridized carbons (Fsp3) is 0.533. The first-order chi connectivity index (χ1) is 9.72. The SMILES string of the molecule is O=C(CCCCC(S)CS)OCCOc1ccccc1. The molecule has 0 fully saturated rings. The first kappa shape index (κ1) is 17.2. The molecule has 0 radical (unpaired) electrons. The van der Waals surface area contributed by atoms with Gasteiger partial charge in [0.25, 0.3) is 0 Å². The van der Waals surface area contributed by atoms with Gasteiger partial charge in [-0.05, 0) is 25.0 Å². The highest BCUT2D eigenvalue weighted by atomic mass is 32.1. The number of para-hydroxylation sites is 1. The summed E-state index contributed by atoms with van der Waals surface area (Å²) in [6.45, 7) is 0.674. The van der Waals surface area contributed by atoms with Crippen LogP contribution in [0, 0.1) is 0 Å². The molecule has 112 valence electrons. The summed E-state index contributed by atoms with van der Waals surface area (Å²) >= 11 is 8.51. The number of rotatable bonds is 10. The number of benzene rings is 1. The zero-order valence-electron chi connectivity index (χ0n) is 11.5. The Balaban J connectivity index is 1.98. The van der Waals surface area contributed by atoms with Gasteiger partial charge in [0.1, 0.15) is 19.0 Å². The first-order valence-corrected chi connectivity index (χ1v) is 7.99. The summed E-state index contributed by atoms with van der Waals surface area (Å²) in [6, 6.07) is 9.48. The van der Waals surface area contributed by atoms with Gasteiger partial charge in [0.05, 0.1) is 0 Å². The summed E-state index contributed by atoms with van der Waals surface area (Å²) in [5.41, 5.74) is 0. The van der Waals surface area contributed by atoms with E-state index in [1.165, 1.54) is 0 Å². The van der Waals surface area contributed by atoms with E-state index in [2.05, 4.69) is 25.3 Å². The Kier molecular flexibility index (Phi) is 9.41. The quantitative estimate of drug-likeness (QED) is 0.395. The van der Waals surface area contributed by atoms with Gasteiger partial charge in [0.15, 0.2) is 0 Å². The van der Waals surface area contributed by atoms with Gasteiger partial charge in [-0.2, -0.15) is 25.3 Å². The molecule has 0 heterocycles. The summed E-state index contributed by atoms with van der Waals surface area (Å²) in [7, 11) is 0. The van der Waals surface area contributed by atoms with E-state index in [9.17, 15) is 4.79 Å². The first-order valence-electron chi connectivity index (χ1n) is 6.84. The minimum Gasteiger partial charge on any atom is -0.490 e. The Bertz CT molecular complexity index is 371. The number of unbranched alkanes of at least 4 members (excludes halogenated alkanes) is 1. The standard InChI is InChI=1S/C15H22O3S2/c16-15(9-5-4-8-14(20)12-19)18-11-10-17-13-6-2-1-3-7-13/h1-3,6-7,14,19-20H,4-5,8-12H2. The number of ether oxygens (including phenoxy) is 2. The van der Waals surface area contributed by atoms with Gasteiger partial charge in [-0.25, -0.2) is 0 Å². The lowest BCUT2D eigenvalue weighted by Gasteiger charge is -2.08. The Labute approximate surface area is 131 Å². The van der Waals surface area contributed by atoms with E-state index in [-0.39, 0.29) is 5.97 Å². The van der Waals surface area contributed by atoms with E-state index >= 15 is 0 Å². The minimum absolute atomic E-state index is 0.164. The van der Waals surface area contributed by atoms with Crippen molar-refractivity contribution >= 4 is 31.2 Å². The molecule has 0 aliphatic carbocycles. The summed E-state index contributed by atoms with van der Waals surface area (Å²) in [4.78, 5) is 11.5. The Hall–Kier alpha value is -0.810. The van der Waals surface area contributed by atoms with E-state index in [0.29, 0.717) is 24.9 Å². The normalized spacial score (nSPS) is 11.9. The number of carbonyl (C=O) groups excluding carboxylic acids is 1. The molecule has 0 aromatic heterocycles. The van der Waals surface area contributed by atoms with Crippen LogP contribution in [0.4, 0.5) is 0 Å². The molecular formula is C15H22O3S2. The fourth-order valence-corrected chi connectivity index (χ4v) is 2.01. The second-order valence-electron chi connectivity index (χ2n) is 4.46. The van der Waals surface area contributed by atoms with E-state index in [0.717, 1.165) is 30.8 Å². The number of esters is 1. The molecule has 1 rings (SSSR count). The maximum absolute atomic E-state index is 11.5. The van der Waals surface area contributed by atoms with E-state index < -0.39 is 0 Å². The molecule has 0 aliphatic rings. The molecule has 0 saturated carbocycles. The average molecular weight is 314 g/mol. The largest absolute Gasteiger partial charge is 0.490 e.